The molecule has 0 aromatic carbocycles. The number of nitrogens with one attached hydrogen (secondary N) is 1. The Hall–Kier alpha value is -0.0800. The third-order valence-electron chi connectivity index (χ3n) is 3.44. The van der Waals surface area contributed by atoms with Gasteiger partial charge in [0.25, 0.3) is 0 Å². The van der Waals surface area contributed by atoms with Gasteiger partial charge in [-0.25, -0.2) is 0 Å². The lowest BCUT2D eigenvalue weighted by atomic mass is 9.88. The Balaban J connectivity index is 1.99. The smallest absolute Gasteiger partial charge is 0.0468 e. The monoisotopic (exact) mass is 227 g/mol. The first-order valence-corrected chi connectivity index (χ1v) is 6.97. The van der Waals surface area contributed by atoms with Gasteiger partial charge in [0.05, 0.1) is 0 Å². The van der Waals surface area contributed by atoms with Gasteiger partial charge in [0, 0.05) is 13.2 Å². The van der Waals surface area contributed by atoms with E-state index in [1.807, 2.05) is 0 Å². The van der Waals surface area contributed by atoms with Gasteiger partial charge >= 0.3 is 0 Å². The summed E-state index contributed by atoms with van der Waals surface area (Å²) in [6, 6.07) is 0. The Morgan fingerprint density at radius 3 is 2.50 bits per heavy atom. The van der Waals surface area contributed by atoms with Crippen LogP contribution < -0.4 is 5.32 Å². The lowest BCUT2D eigenvalue weighted by molar-refractivity contribution is 0.0590. The number of rotatable bonds is 7. The van der Waals surface area contributed by atoms with E-state index in [0.29, 0.717) is 0 Å². The van der Waals surface area contributed by atoms with Gasteiger partial charge < -0.3 is 10.1 Å². The molecule has 2 heteroatoms. The largest absolute Gasteiger partial charge is 0.381 e. The first-order valence-electron chi connectivity index (χ1n) is 6.97. The summed E-state index contributed by atoms with van der Waals surface area (Å²) in [6.45, 7) is 11.2. The summed E-state index contributed by atoms with van der Waals surface area (Å²) in [4.78, 5) is 0. The first-order chi connectivity index (χ1) is 7.68. The molecule has 0 amide bonds. The third kappa shape index (κ3) is 6.49. The second-order valence-electron chi connectivity index (χ2n) is 5.78. The molecule has 1 fully saturated rings. The van der Waals surface area contributed by atoms with Crippen molar-refractivity contribution in [2.24, 2.45) is 17.8 Å². The zero-order valence-electron chi connectivity index (χ0n) is 11.3. The predicted molar refractivity (Wildman–Crippen MR) is 69.6 cm³/mol. The normalized spacial score (nSPS) is 20.2. The van der Waals surface area contributed by atoms with Gasteiger partial charge in [0.15, 0.2) is 0 Å². The fraction of sp³-hybridized carbons (Fsp3) is 1.00. The molecule has 0 aliphatic carbocycles. The van der Waals surface area contributed by atoms with Gasteiger partial charge in [-0.3, -0.25) is 0 Å². The Morgan fingerprint density at radius 2 is 1.88 bits per heavy atom. The summed E-state index contributed by atoms with van der Waals surface area (Å²) in [6.07, 6.45) is 5.28. The minimum Gasteiger partial charge on any atom is -0.381 e. The number of ether oxygens (including phenoxy) is 1. The zero-order chi connectivity index (χ0) is 11.8. The SMILES string of the molecule is CC(C)CNCCC(C)CC1CCOCC1. The van der Waals surface area contributed by atoms with Crippen molar-refractivity contribution in [1.29, 1.82) is 0 Å². The quantitative estimate of drug-likeness (QED) is 0.675. The van der Waals surface area contributed by atoms with E-state index in [9.17, 15) is 0 Å². The minimum atomic E-state index is 0.769. The second kappa shape index (κ2) is 8.08. The highest BCUT2D eigenvalue weighted by Crippen LogP contribution is 2.24. The van der Waals surface area contributed by atoms with Crippen LogP contribution in [0.25, 0.3) is 0 Å². The molecular formula is C14H29NO. The summed E-state index contributed by atoms with van der Waals surface area (Å²) in [5, 5.41) is 3.53. The molecule has 0 spiro atoms. The van der Waals surface area contributed by atoms with Crippen LogP contribution in [0, 0.1) is 17.8 Å². The number of hydrogen-bond acceptors (Lipinski definition) is 2. The van der Waals surface area contributed by atoms with E-state index in [2.05, 4.69) is 26.1 Å². The van der Waals surface area contributed by atoms with Crippen LogP contribution in [0.2, 0.25) is 0 Å². The summed E-state index contributed by atoms with van der Waals surface area (Å²) in [5.74, 6) is 2.56. The lowest BCUT2D eigenvalue weighted by Gasteiger charge is -2.25. The van der Waals surface area contributed by atoms with Crippen LogP contribution in [-0.2, 0) is 4.74 Å². The van der Waals surface area contributed by atoms with E-state index in [1.54, 1.807) is 0 Å². The fourth-order valence-corrected chi connectivity index (χ4v) is 2.41. The molecule has 0 aromatic rings. The molecule has 1 aliphatic heterocycles. The molecule has 1 unspecified atom stereocenters. The van der Waals surface area contributed by atoms with E-state index in [1.165, 1.54) is 32.2 Å². The Labute approximate surface area is 101 Å². The van der Waals surface area contributed by atoms with Crippen molar-refractivity contribution >= 4 is 0 Å². The van der Waals surface area contributed by atoms with Crippen LogP contribution in [0.15, 0.2) is 0 Å². The maximum Gasteiger partial charge on any atom is 0.0468 e. The maximum absolute atomic E-state index is 5.39. The molecule has 1 rings (SSSR count). The molecule has 1 heterocycles. The highest BCUT2D eigenvalue weighted by atomic mass is 16.5. The molecule has 2 nitrogen and oxygen atoms in total. The molecule has 1 atom stereocenters. The van der Waals surface area contributed by atoms with Gasteiger partial charge in [0.2, 0.25) is 0 Å². The van der Waals surface area contributed by atoms with E-state index < -0.39 is 0 Å². The highest BCUT2D eigenvalue weighted by molar-refractivity contribution is 4.67. The topological polar surface area (TPSA) is 21.3 Å². The van der Waals surface area contributed by atoms with Gasteiger partial charge in [-0.1, -0.05) is 20.8 Å². The number of hydrogen-bond donors (Lipinski definition) is 1. The zero-order valence-corrected chi connectivity index (χ0v) is 11.3. The Bertz CT molecular complexity index is 164. The van der Waals surface area contributed by atoms with Crippen molar-refractivity contribution in [2.75, 3.05) is 26.3 Å². The van der Waals surface area contributed by atoms with Gasteiger partial charge in [-0.15, -0.1) is 0 Å². The third-order valence-corrected chi connectivity index (χ3v) is 3.44. The molecule has 1 N–H and O–H groups in total. The Kier molecular flexibility index (Phi) is 7.06. The minimum absolute atomic E-state index is 0.769. The average molecular weight is 227 g/mol. The molecule has 0 aromatic heterocycles. The van der Waals surface area contributed by atoms with Crippen LogP contribution in [0.3, 0.4) is 0 Å². The van der Waals surface area contributed by atoms with E-state index >= 15 is 0 Å². The first kappa shape index (κ1) is 14.0. The van der Waals surface area contributed by atoms with Crippen LogP contribution >= 0.6 is 0 Å². The molecule has 1 aliphatic rings. The molecule has 1 saturated heterocycles. The summed E-state index contributed by atoms with van der Waals surface area (Å²) in [7, 11) is 0. The van der Waals surface area contributed by atoms with Crippen LogP contribution in [0.1, 0.15) is 46.5 Å². The summed E-state index contributed by atoms with van der Waals surface area (Å²) >= 11 is 0. The highest BCUT2D eigenvalue weighted by Gasteiger charge is 2.16. The van der Waals surface area contributed by atoms with Crippen molar-refractivity contribution in [3.05, 3.63) is 0 Å². The maximum atomic E-state index is 5.39. The van der Waals surface area contributed by atoms with E-state index in [4.69, 9.17) is 4.74 Å². The van der Waals surface area contributed by atoms with Crippen LogP contribution in [0.4, 0.5) is 0 Å². The molecular weight excluding hydrogens is 198 g/mol. The van der Waals surface area contributed by atoms with Crippen LogP contribution in [0.5, 0.6) is 0 Å². The van der Waals surface area contributed by atoms with Gasteiger partial charge in [-0.2, -0.15) is 0 Å². The molecule has 0 saturated carbocycles. The molecule has 96 valence electrons. The lowest BCUT2D eigenvalue weighted by Crippen LogP contribution is -2.23. The van der Waals surface area contributed by atoms with Crippen LogP contribution in [-0.4, -0.2) is 26.3 Å². The van der Waals surface area contributed by atoms with Gasteiger partial charge in [-0.05, 0) is 56.5 Å². The molecule has 0 radical (unpaired) electrons. The molecule has 16 heavy (non-hydrogen) atoms. The Morgan fingerprint density at radius 1 is 1.19 bits per heavy atom. The van der Waals surface area contributed by atoms with Crippen molar-refractivity contribution in [3.8, 4) is 0 Å². The van der Waals surface area contributed by atoms with Crippen molar-refractivity contribution in [1.82, 2.24) is 5.32 Å². The summed E-state index contributed by atoms with van der Waals surface area (Å²) < 4.78 is 5.39. The summed E-state index contributed by atoms with van der Waals surface area (Å²) in [5.41, 5.74) is 0. The van der Waals surface area contributed by atoms with Gasteiger partial charge in [0.1, 0.15) is 0 Å². The standard InChI is InChI=1S/C14H29NO/c1-12(2)11-15-7-4-13(3)10-14-5-8-16-9-6-14/h12-15H,4-11H2,1-3H3. The predicted octanol–water partition coefficient (Wildman–Crippen LogP) is 3.07. The molecule has 0 bridgehead atoms. The average Bonchev–Trinajstić information content (AvgIpc) is 2.25. The van der Waals surface area contributed by atoms with E-state index in [0.717, 1.165) is 37.5 Å². The van der Waals surface area contributed by atoms with Crippen molar-refractivity contribution in [2.45, 2.75) is 46.5 Å². The second-order valence-corrected chi connectivity index (χ2v) is 5.78. The van der Waals surface area contributed by atoms with E-state index in [-0.39, 0.29) is 0 Å². The fourth-order valence-electron chi connectivity index (χ4n) is 2.41. The van der Waals surface area contributed by atoms with Crippen molar-refractivity contribution in [3.63, 3.8) is 0 Å². The van der Waals surface area contributed by atoms with Crippen molar-refractivity contribution < 1.29 is 4.74 Å².